The van der Waals surface area contributed by atoms with Crippen molar-refractivity contribution in [2.75, 3.05) is 19.6 Å². The quantitative estimate of drug-likeness (QED) is 0.473. The van der Waals surface area contributed by atoms with E-state index in [1.165, 1.54) is 6.26 Å². The smallest absolute Gasteiger partial charge is 0.315 e. The van der Waals surface area contributed by atoms with Crippen LogP contribution in [-0.4, -0.2) is 47.8 Å². The van der Waals surface area contributed by atoms with Crippen molar-refractivity contribution >= 4 is 16.8 Å². The van der Waals surface area contributed by atoms with Crippen LogP contribution in [0.2, 0.25) is 0 Å². The highest BCUT2D eigenvalue weighted by Crippen LogP contribution is 2.28. The molecule has 0 radical (unpaired) electrons. The van der Waals surface area contributed by atoms with Gasteiger partial charge in [-0.25, -0.2) is 4.79 Å². The molecule has 37 heavy (non-hydrogen) atoms. The lowest BCUT2D eigenvalue weighted by Gasteiger charge is -2.31. The van der Waals surface area contributed by atoms with Crippen molar-refractivity contribution in [2.45, 2.75) is 50.8 Å². The lowest BCUT2D eigenvalue weighted by molar-refractivity contribution is 0.0741. The number of amides is 2. The number of likely N-dealkylation sites (tertiary alicyclic amines) is 1. The molecule has 2 aliphatic heterocycles. The number of aliphatic hydroxyl groups is 1. The maximum Gasteiger partial charge on any atom is 0.315 e. The molecule has 2 amide bonds. The van der Waals surface area contributed by atoms with Crippen molar-refractivity contribution < 1.29 is 19.4 Å². The minimum absolute atomic E-state index is 0.218. The Balaban J connectivity index is 1.28. The van der Waals surface area contributed by atoms with Gasteiger partial charge in [0.05, 0.1) is 12.1 Å². The minimum Gasteiger partial charge on any atom is -0.465 e. The van der Waals surface area contributed by atoms with Gasteiger partial charge in [0, 0.05) is 6.54 Å². The maximum atomic E-state index is 13.2. The van der Waals surface area contributed by atoms with Gasteiger partial charge in [-0.2, -0.15) is 0 Å². The number of rotatable bonds is 8. The van der Waals surface area contributed by atoms with Gasteiger partial charge in [0.15, 0.2) is 11.5 Å². The first-order valence-corrected chi connectivity index (χ1v) is 13.1. The number of urea groups is 1. The lowest BCUT2D eigenvalue weighted by atomic mass is 10.00. The fourth-order valence-electron chi connectivity index (χ4n) is 5.20. The molecule has 7 heteroatoms. The van der Waals surface area contributed by atoms with Gasteiger partial charge in [-0.15, -0.1) is 0 Å². The molecule has 3 aliphatic rings. The van der Waals surface area contributed by atoms with Crippen molar-refractivity contribution in [3.05, 3.63) is 95.9 Å². The summed E-state index contributed by atoms with van der Waals surface area (Å²) in [4.78, 5) is 15.4. The zero-order valence-corrected chi connectivity index (χ0v) is 21.2. The molecule has 1 fully saturated rings. The van der Waals surface area contributed by atoms with Gasteiger partial charge < -0.3 is 30.1 Å². The summed E-state index contributed by atoms with van der Waals surface area (Å²) in [7, 11) is 0. The number of carbonyl (C=O) groups excluding carboxylic acids is 1. The molecular formula is C30H35N3O4. The fraction of sp³-hybridized carbons (Fsp3) is 0.367. The second kappa shape index (κ2) is 11.7. The van der Waals surface area contributed by atoms with E-state index in [0.29, 0.717) is 18.1 Å². The molecule has 1 aliphatic carbocycles. The molecule has 194 valence electrons. The molecule has 5 rings (SSSR count). The summed E-state index contributed by atoms with van der Waals surface area (Å²) in [6.07, 6.45) is 12.0. The highest BCUT2D eigenvalue weighted by molar-refractivity contribution is 5.86. The number of ether oxygens (including phenoxy) is 2. The van der Waals surface area contributed by atoms with Crippen LogP contribution in [0, 0.1) is 0 Å². The zero-order chi connectivity index (χ0) is 25.6. The normalized spacial score (nSPS) is 20.1. The molecule has 3 N–H and O–H groups in total. The SMILES string of the molecule is C[C@H](NC(=O)N[C@H](CN1CCCC1)[C@@H](O)C1=COC=C(C2=CC=CCC2)O1)c1cccc2ccccc12. The van der Waals surface area contributed by atoms with E-state index in [1.54, 1.807) is 6.26 Å². The van der Waals surface area contributed by atoms with Crippen LogP contribution in [0.4, 0.5) is 4.79 Å². The van der Waals surface area contributed by atoms with Gasteiger partial charge in [0.25, 0.3) is 0 Å². The van der Waals surface area contributed by atoms with E-state index in [-0.39, 0.29) is 12.1 Å². The van der Waals surface area contributed by atoms with Crippen LogP contribution in [0.1, 0.15) is 44.2 Å². The number of fused-ring (bicyclic) bond motifs is 1. The second-order valence-electron chi connectivity index (χ2n) is 9.87. The summed E-state index contributed by atoms with van der Waals surface area (Å²) < 4.78 is 11.6. The van der Waals surface area contributed by atoms with Crippen LogP contribution in [0.15, 0.2) is 90.3 Å². The van der Waals surface area contributed by atoms with E-state index in [1.807, 2.05) is 43.3 Å². The van der Waals surface area contributed by atoms with E-state index in [9.17, 15) is 9.90 Å². The third kappa shape index (κ3) is 6.06. The van der Waals surface area contributed by atoms with Gasteiger partial charge in [-0.1, -0.05) is 60.7 Å². The molecule has 2 heterocycles. The lowest BCUT2D eigenvalue weighted by Crippen LogP contribution is -2.53. The summed E-state index contributed by atoms with van der Waals surface area (Å²) in [5, 5.41) is 19.7. The number of nitrogens with zero attached hydrogens (tertiary/aromatic N) is 1. The van der Waals surface area contributed by atoms with Gasteiger partial charge >= 0.3 is 6.03 Å². The zero-order valence-electron chi connectivity index (χ0n) is 21.2. The number of hydrogen-bond acceptors (Lipinski definition) is 5. The molecule has 0 saturated carbocycles. The van der Waals surface area contributed by atoms with E-state index in [2.05, 4.69) is 39.8 Å². The molecule has 0 bridgehead atoms. The Hall–Kier alpha value is -3.55. The monoisotopic (exact) mass is 501 g/mol. The largest absolute Gasteiger partial charge is 0.465 e. The number of aliphatic hydroxyl groups excluding tert-OH is 1. The Bertz CT molecular complexity index is 1240. The maximum absolute atomic E-state index is 13.2. The number of allylic oxidation sites excluding steroid dienone is 4. The third-order valence-corrected chi connectivity index (χ3v) is 7.20. The minimum atomic E-state index is -1.07. The van der Waals surface area contributed by atoms with E-state index >= 15 is 0 Å². The molecular weight excluding hydrogens is 466 g/mol. The number of carbonyl (C=O) groups is 1. The molecule has 0 aromatic heterocycles. The molecule has 0 spiro atoms. The number of hydrogen-bond donors (Lipinski definition) is 3. The Kier molecular flexibility index (Phi) is 7.92. The fourth-order valence-corrected chi connectivity index (χ4v) is 5.20. The van der Waals surface area contributed by atoms with Crippen LogP contribution in [0.3, 0.4) is 0 Å². The van der Waals surface area contributed by atoms with E-state index in [4.69, 9.17) is 9.47 Å². The standard InChI is InChI=1S/C30H35N3O4/c1-21(24-15-9-13-22-10-5-6-14-25(22)24)31-30(35)32-26(18-33-16-7-8-17-33)29(34)28-20-36-19-27(37-28)23-11-3-2-4-12-23/h2-3,5-6,9-11,13-15,19-21,26,29,34H,4,7-8,12,16-18H2,1H3,(H2,31,32,35)/t21-,26+,29+/m0/s1. The van der Waals surface area contributed by atoms with Crippen LogP contribution < -0.4 is 10.6 Å². The van der Waals surface area contributed by atoms with Crippen molar-refractivity contribution in [3.63, 3.8) is 0 Å². The molecule has 2 aromatic rings. The average molecular weight is 502 g/mol. The van der Waals surface area contributed by atoms with Crippen LogP contribution in [-0.2, 0) is 9.47 Å². The second-order valence-corrected chi connectivity index (χ2v) is 9.87. The van der Waals surface area contributed by atoms with Crippen LogP contribution in [0.5, 0.6) is 0 Å². The Morgan fingerprint density at radius 2 is 1.89 bits per heavy atom. The first kappa shape index (κ1) is 25.1. The predicted octanol–water partition coefficient (Wildman–Crippen LogP) is 5.03. The van der Waals surface area contributed by atoms with Gasteiger partial charge in [0.1, 0.15) is 18.6 Å². The van der Waals surface area contributed by atoms with E-state index < -0.39 is 12.1 Å². The average Bonchev–Trinajstić information content (AvgIpc) is 3.45. The molecule has 1 saturated heterocycles. The van der Waals surface area contributed by atoms with Crippen molar-refractivity contribution in [2.24, 2.45) is 0 Å². The first-order valence-electron chi connectivity index (χ1n) is 13.1. The Morgan fingerprint density at radius 1 is 1.08 bits per heavy atom. The number of benzene rings is 2. The van der Waals surface area contributed by atoms with Crippen molar-refractivity contribution in [3.8, 4) is 0 Å². The summed E-state index contributed by atoms with van der Waals surface area (Å²) in [5.41, 5.74) is 2.06. The molecule has 7 nitrogen and oxygen atoms in total. The van der Waals surface area contributed by atoms with Crippen LogP contribution >= 0.6 is 0 Å². The van der Waals surface area contributed by atoms with Crippen molar-refractivity contribution in [1.82, 2.24) is 15.5 Å². The molecule has 0 unspecified atom stereocenters. The van der Waals surface area contributed by atoms with Crippen LogP contribution in [0.25, 0.3) is 10.8 Å². The topological polar surface area (TPSA) is 83.1 Å². The highest BCUT2D eigenvalue weighted by Gasteiger charge is 2.32. The molecule has 2 aromatic carbocycles. The number of nitrogens with one attached hydrogen (secondary N) is 2. The Labute approximate surface area is 218 Å². The van der Waals surface area contributed by atoms with Gasteiger partial charge in [-0.05, 0) is 67.6 Å². The molecule has 3 atom stereocenters. The summed E-state index contributed by atoms with van der Waals surface area (Å²) in [6.45, 7) is 4.37. The van der Waals surface area contributed by atoms with Gasteiger partial charge in [-0.3, -0.25) is 0 Å². The van der Waals surface area contributed by atoms with E-state index in [0.717, 1.165) is 60.7 Å². The Morgan fingerprint density at radius 3 is 2.70 bits per heavy atom. The van der Waals surface area contributed by atoms with Gasteiger partial charge in [0.2, 0.25) is 0 Å². The highest BCUT2D eigenvalue weighted by atomic mass is 16.6. The summed E-state index contributed by atoms with van der Waals surface area (Å²) in [5.74, 6) is 0.884. The first-order chi connectivity index (χ1) is 18.1. The van der Waals surface area contributed by atoms with Crippen molar-refractivity contribution in [1.29, 1.82) is 0 Å². The summed E-state index contributed by atoms with van der Waals surface area (Å²) >= 11 is 0. The summed E-state index contributed by atoms with van der Waals surface area (Å²) in [6, 6.07) is 13.1. The predicted molar refractivity (Wildman–Crippen MR) is 144 cm³/mol. The third-order valence-electron chi connectivity index (χ3n) is 7.20.